The first kappa shape index (κ1) is 13.6. The highest BCUT2D eigenvalue weighted by Gasteiger charge is 2.51. The van der Waals surface area contributed by atoms with Crippen LogP contribution in [0.4, 0.5) is 0 Å². The molecule has 4 nitrogen and oxygen atoms in total. The summed E-state index contributed by atoms with van der Waals surface area (Å²) >= 11 is 0. The Labute approximate surface area is 126 Å². The molecule has 1 N–H and O–H groups in total. The number of amides is 2. The standard InChI is InChI=1S/C17H26N2O2/c20-15-10-18-16(21)17(6-2-1-3-7-17)19(15)11-14-9-12-4-5-13(14)8-12/h12-14H,1-11H2,(H,18,21). The minimum Gasteiger partial charge on any atom is -0.345 e. The number of nitrogens with zero attached hydrogens (tertiary/aromatic N) is 1. The van der Waals surface area contributed by atoms with Crippen molar-refractivity contribution in [1.82, 2.24) is 10.2 Å². The van der Waals surface area contributed by atoms with Crippen molar-refractivity contribution in [3.05, 3.63) is 0 Å². The molecule has 4 rings (SSSR count). The quantitative estimate of drug-likeness (QED) is 0.846. The molecule has 1 aliphatic heterocycles. The first-order valence-corrected chi connectivity index (χ1v) is 8.78. The Kier molecular flexibility index (Phi) is 3.23. The highest BCUT2D eigenvalue weighted by molar-refractivity contribution is 5.98. The monoisotopic (exact) mass is 290 g/mol. The molecule has 1 spiro atoms. The van der Waals surface area contributed by atoms with Gasteiger partial charge in [-0.25, -0.2) is 0 Å². The first-order valence-electron chi connectivity index (χ1n) is 8.78. The van der Waals surface area contributed by atoms with Crippen LogP contribution in [-0.4, -0.2) is 35.3 Å². The molecular weight excluding hydrogens is 264 g/mol. The van der Waals surface area contributed by atoms with Gasteiger partial charge in [-0.3, -0.25) is 9.59 Å². The predicted molar refractivity (Wildman–Crippen MR) is 79.5 cm³/mol. The predicted octanol–water partition coefficient (Wildman–Crippen LogP) is 2.08. The van der Waals surface area contributed by atoms with Gasteiger partial charge in [-0.15, -0.1) is 0 Å². The van der Waals surface area contributed by atoms with Crippen LogP contribution < -0.4 is 5.32 Å². The van der Waals surface area contributed by atoms with Gasteiger partial charge in [0.1, 0.15) is 5.54 Å². The van der Waals surface area contributed by atoms with E-state index in [1.807, 2.05) is 4.90 Å². The second-order valence-corrected chi connectivity index (χ2v) is 7.71. The van der Waals surface area contributed by atoms with E-state index in [4.69, 9.17) is 0 Å². The largest absolute Gasteiger partial charge is 0.345 e. The Morgan fingerprint density at radius 2 is 1.90 bits per heavy atom. The van der Waals surface area contributed by atoms with Crippen LogP contribution in [0.25, 0.3) is 0 Å². The first-order chi connectivity index (χ1) is 10.2. The topological polar surface area (TPSA) is 49.4 Å². The van der Waals surface area contributed by atoms with Gasteiger partial charge in [-0.2, -0.15) is 0 Å². The highest BCUT2D eigenvalue weighted by Crippen LogP contribution is 2.49. The normalized spacial score (nSPS) is 38.1. The number of carbonyl (C=O) groups excluding carboxylic acids is 2. The summed E-state index contributed by atoms with van der Waals surface area (Å²) in [6.45, 7) is 1.05. The Morgan fingerprint density at radius 3 is 2.57 bits per heavy atom. The van der Waals surface area contributed by atoms with Gasteiger partial charge in [0.05, 0.1) is 6.54 Å². The molecule has 4 fully saturated rings. The zero-order valence-electron chi connectivity index (χ0n) is 12.8. The van der Waals surface area contributed by atoms with Crippen molar-refractivity contribution in [2.75, 3.05) is 13.1 Å². The molecule has 4 aliphatic rings. The molecule has 1 heterocycles. The lowest BCUT2D eigenvalue weighted by Crippen LogP contribution is -2.68. The third-order valence-corrected chi connectivity index (χ3v) is 6.62. The van der Waals surface area contributed by atoms with Crippen LogP contribution in [0.1, 0.15) is 57.8 Å². The molecular formula is C17H26N2O2. The molecule has 3 aliphatic carbocycles. The fourth-order valence-electron chi connectivity index (χ4n) is 5.52. The lowest BCUT2D eigenvalue weighted by molar-refractivity contribution is -0.157. The molecule has 1 saturated heterocycles. The average Bonchev–Trinajstić information content (AvgIpc) is 3.12. The van der Waals surface area contributed by atoms with Crippen molar-refractivity contribution < 1.29 is 9.59 Å². The minimum absolute atomic E-state index is 0.116. The van der Waals surface area contributed by atoms with E-state index in [1.54, 1.807) is 0 Å². The van der Waals surface area contributed by atoms with E-state index < -0.39 is 5.54 Å². The van der Waals surface area contributed by atoms with Gasteiger partial charge in [0.15, 0.2) is 0 Å². The Bertz CT molecular complexity index is 456. The summed E-state index contributed by atoms with van der Waals surface area (Å²) in [5.74, 6) is 2.63. The van der Waals surface area contributed by atoms with Gasteiger partial charge in [0.2, 0.25) is 11.8 Å². The molecule has 3 atom stereocenters. The zero-order valence-corrected chi connectivity index (χ0v) is 12.8. The molecule has 0 aromatic rings. The second kappa shape index (κ2) is 4.99. The Balaban J connectivity index is 1.57. The van der Waals surface area contributed by atoms with Crippen molar-refractivity contribution in [2.24, 2.45) is 17.8 Å². The van der Waals surface area contributed by atoms with Gasteiger partial charge in [0, 0.05) is 6.54 Å². The maximum atomic E-state index is 12.6. The SMILES string of the molecule is O=C1CNC(=O)C2(CCCCC2)N1CC1CC2CCC1C2. The number of piperazine rings is 1. The summed E-state index contributed by atoms with van der Waals surface area (Å²) in [4.78, 5) is 27.1. The van der Waals surface area contributed by atoms with E-state index in [0.717, 1.165) is 44.1 Å². The van der Waals surface area contributed by atoms with Crippen molar-refractivity contribution in [1.29, 1.82) is 0 Å². The van der Waals surface area contributed by atoms with Crippen LogP contribution in [0.2, 0.25) is 0 Å². The number of carbonyl (C=O) groups is 2. The number of hydrogen-bond donors (Lipinski definition) is 1. The molecule has 0 radical (unpaired) electrons. The van der Waals surface area contributed by atoms with Crippen LogP contribution in [0.15, 0.2) is 0 Å². The third kappa shape index (κ3) is 2.09. The summed E-state index contributed by atoms with van der Waals surface area (Å²) in [6.07, 6.45) is 10.5. The van der Waals surface area contributed by atoms with E-state index in [9.17, 15) is 9.59 Å². The van der Waals surface area contributed by atoms with Crippen molar-refractivity contribution in [3.63, 3.8) is 0 Å². The van der Waals surface area contributed by atoms with Crippen LogP contribution in [-0.2, 0) is 9.59 Å². The van der Waals surface area contributed by atoms with E-state index in [0.29, 0.717) is 5.92 Å². The van der Waals surface area contributed by atoms with Crippen molar-refractivity contribution in [3.8, 4) is 0 Å². The van der Waals surface area contributed by atoms with E-state index in [-0.39, 0.29) is 18.4 Å². The van der Waals surface area contributed by atoms with Crippen LogP contribution in [0.3, 0.4) is 0 Å². The van der Waals surface area contributed by atoms with Gasteiger partial charge in [-0.1, -0.05) is 25.7 Å². The summed E-state index contributed by atoms with van der Waals surface area (Å²) in [5.41, 5.74) is -0.505. The maximum absolute atomic E-state index is 12.6. The molecule has 0 aromatic carbocycles. The van der Waals surface area contributed by atoms with Gasteiger partial charge < -0.3 is 10.2 Å². The molecule has 0 aromatic heterocycles. The molecule has 2 bridgehead atoms. The van der Waals surface area contributed by atoms with E-state index in [2.05, 4.69) is 5.32 Å². The van der Waals surface area contributed by atoms with Crippen LogP contribution in [0.5, 0.6) is 0 Å². The second-order valence-electron chi connectivity index (χ2n) is 7.71. The number of hydrogen-bond acceptors (Lipinski definition) is 2. The maximum Gasteiger partial charge on any atom is 0.246 e. The lowest BCUT2D eigenvalue weighted by Gasteiger charge is -2.49. The van der Waals surface area contributed by atoms with Crippen LogP contribution >= 0.6 is 0 Å². The molecule has 3 saturated carbocycles. The van der Waals surface area contributed by atoms with Crippen LogP contribution in [0, 0.1) is 17.8 Å². The zero-order chi connectivity index (χ0) is 14.4. The molecule has 2 amide bonds. The van der Waals surface area contributed by atoms with E-state index >= 15 is 0 Å². The van der Waals surface area contributed by atoms with Gasteiger partial charge in [-0.05, 0) is 49.9 Å². The fraction of sp³-hybridized carbons (Fsp3) is 0.882. The summed E-state index contributed by atoms with van der Waals surface area (Å²) in [6, 6.07) is 0. The smallest absolute Gasteiger partial charge is 0.246 e. The fourth-order valence-corrected chi connectivity index (χ4v) is 5.52. The number of rotatable bonds is 2. The Hall–Kier alpha value is -1.06. The summed E-state index contributed by atoms with van der Waals surface area (Å²) < 4.78 is 0. The van der Waals surface area contributed by atoms with Gasteiger partial charge in [0.25, 0.3) is 0 Å². The number of nitrogens with one attached hydrogen (secondary N) is 1. The molecule has 4 heteroatoms. The molecule has 116 valence electrons. The van der Waals surface area contributed by atoms with E-state index in [1.165, 1.54) is 32.1 Å². The van der Waals surface area contributed by atoms with Crippen molar-refractivity contribution >= 4 is 11.8 Å². The summed E-state index contributed by atoms with van der Waals surface area (Å²) in [5, 5.41) is 2.85. The molecule has 21 heavy (non-hydrogen) atoms. The number of fused-ring (bicyclic) bond motifs is 2. The highest BCUT2D eigenvalue weighted by atomic mass is 16.2. The third-order valence-electron chi connectivity index (χ3n) is 6.62. The lowest BCUT2D eigenvalue weighted by atomic mass is 9.77. The van der Waals surface area contributed by atoms with Crippen molar-refractivity contribution in [2.45, 2.75) is 63.3 Å². The minimum atomic E-state index is -0.505. The molecule has 3 unspecified atom stereocenters. The Morgan fingerprint density at radius 1 is 1.10 bits per heavy atom. The average molecular weight is 290 g/mol. The summed E-state index contributed by atoms with van der Waals surface area (Å²) in [7, 11) is 0. The van der Waals surface area contributed by atoms with Gasteiger partial charge >= 0.3 is 0 Å².